The minimum absolute atomic E-state index is 0.0624. The fourth-order valence-electron chi connectivity index (χ4n) is 4.47. The first-order chi connectivity index (χ1) is 17.9. The van der Waals surface area contributed by atoms with Crippen LogP contribution >= 0.6 is 0 Å². The number of aromatic nitrogens is 5. The van der Waals surface area contributed by atoms with Gasteiger partial charge in [0, 0.05) is 37.1 Å². The number of carbonyl (C=O) groups excluding carboxylic acids is 1. The van der Waals surface area contributed by atoms with Crippen LogP contribution in [0.25, 0.3) is 11.2 Å². The zero-order valence-corrected chi connectivity index (χ0v) is 20.8. The number of rotatable bonds is 7. The van der Waals surface area contributed by atoms with E-state index in [-0.39, 0.29) is 42.5 Å². The van der Waals surface area contributed by atoms with Gasteiger partial charge < -0.3 is 15.4 Å². The van der Waals surface area contributed by atoms with Gasteiger partial charge in [0.05, 0.1) is 31.3 Å². The van der Waals surface area contributed by atoms with E-state index in [9.17, 15) is 19.6 Å². The number of nitrogens with zero attached hydrogens (tertiary/aromatic N) is 7. The highest BCUT2D eigenvalue weighted by Crippen LogP contribution is 2.23. The number of carbonyl (C=O) groups is 1. The fraction of sp³-hybridized carbons (Fsp3) is 0.440. The van der Waals surface area contributed by atoms with Crippen LogP contribution in [-0.4, -0.2) is 55.4 Å². The lowest BCUT2D eigenvalue weighted by Crippen LogP contribution is -2.44. The number of esters is 1. The molecular weight excluding hydrogens is 476 g/mol. The van der Waals surface area contributed by atoms with Crippen LogP contribution in [-0.2, 0) is 29.2 Å². The van der Waals surface area contributed by atoms with Gasteiger partial charge in [-0.3, -0.25) is 28.3 Å². The molecule has 1 aliphatic heterocycles. The standard InChI is InChI=1S/C25H28N8O4/c1-3-5-11-31-21-22(29-24(31)30-10-6-7-19(27)15-30)32(16-20(34)37-4-2)25(36)33(23(21)35)14-18-13-28-9-8-17(18)12-26/h8-9,13,19H,4,6-7,10-11,14-16,27H2,1-2H3. The summed E-state index contributed by atoms with van der Waals surface area (Å²) in [5.74, 6) is 5.63. The van der Waals surface area contributed by atoms with Gasteiger partial charge in [0.1, 0.15) is 6.54 Å². The number of fused-ring (bicyclic) bond motifs is 1. The lowest BCUT2D eigenvalue weighted by atomic mass is 10.1. The van der Waals surface area contributed by atoms with Crippen molar-refractivity contribution >= 4 is 23.1 Å². The number of piperidine rings is 1. The second-order valence-electron chi connectivity index (χ2n) is 8.65. The average Bonchev–Trinajstić information content (AvgIpc) is 3.27. The van der Waals surface area contributed by atoms with Crippen molar-refractivity contribution in [2.45, 2.75) is 52.4 Å². The summed E-state index contributed by atoms with van der Waals surface area (Å²) in [6.45, 7) is 4.20. The second kappa shape index (κ2) is 11.1. The third-order valence-electron chi connectivity index (χ3n) is 6.19. The highest BCUT2D eigenvalue weighted by molar-refractivity contribution is 5.77. The third-order valence-corrected chi connectivity index (χ3v) is 6.19. The number of anilines is 1. The van der Waals surface area contributed by atoms with Gasteiger partial charge >= 0.3 is 11.7 Å². The predicted octanol–water partition coefficient (Wildman–Crippen LogP) is 0.189. The largest absolute Gasteiger partial charge is 0.465 e. The van der Waals surface area contributed by atoms with Crippen molar-refractivity contribution in [1.29, 1.82) is 5.26 Å². The SMILES string of the molecule is CC#CCn1c(N2CCCC(N)C2)nc2c1c(=O)n(Cc1cnccc1C#N)c(=O)n2CC(=O)OCC. The number of imidazole rings is 1. The Bertz CT molecular complexity index is 1550. The lowest BCUT2D eigenvalue weighted by molar-refractivity contribution is -0.143. The smallest absolute Gasteiger partial charge is 0.333 e. The summed E-state index contributed by atoms with van der Waals surface area (Å²) in [5, 5.41) is 9.49. The molecule has 2 N–H and O–H groups in total. The van der Waals surface area contributed by atoms with E-state index in [1.54, 1.807) is 18.4 Å². The third kappa shape index (κ3) is 5.10. The van der Waals surface area contributed by atoms with E-state index in [2.05, 4.69) is 27.9 Å². The van der Waals surface area contributed by atoms with Gasteiger partial charge in [-0.25, -0.2) is 4.79 Å². The molecule has 1 atom stereocenters. The van der Waals surface area contributed by atoms with Gasteiger partial charge in [-0.15, -0.1) is 5.92 Å². The number of ether oxygens (including phenoxy) is 1. The molecule has 1 fully saturated rings. The number of pyridine rings is 1. The van der Waals surface area contributed by atoms with Crippen LogP contribution in [0.3, 0.4) is 0 Å². The van der Waals surface area contributed by atoms with Gasteiger partial charge in [0.2, 0.25) is 5.95 Å². The first-order valence-corrected chi connectivity index (χ1v) is 12.0. The Labute approximate surface area is 212 Å². The Morgan fingerprint density at radius 2 is 2.11 bits per heavy atom. The quantitative estimate of drug-likeness (QED) is 0.351. The molecule has 12 heteroatoms. The molecule has 1 unspecified atom stereocenters. The van der Waals surface area contributed by atoms with E-state index >= 15 is 0 Å². The Hall–Kier alpha value is -4.42. The molecular formula is C25H28N8O4. The summed E-state index contributed by atoms with van der Waals surface area (Å²) in [4.78, 5) is 50.6. The van der Waals surface area contributed by atoms with Crippen molar-refractivity contribution in [3.63, 3.8) is 0 Å². The van der Waals surface area contributed by atoms with Crippen LogP contribution in [0, 0.1) is 23.2 Å². The topological polar surface area (TPSA) is 154 Å². The first-order valence-electron chi connectivity index (χ1n) is 12.0. The maximum Gasteiger partial charge on any atom is 0.333 e. The van der Waals surface area contributed by atoms with Crippen LogP contribution in [0.2, 0.25) is 0 Å². The average molecular weight is 505 g/mol. The number of nitrogens with two attached hydrogens (primary N) is 1. The molecule has 0 aromatic carbocycles. The molecule has 0 saturated carbocycles. The first kappa shape index (κ1) is 25.7. The molecule has 0 amide bonds. The Morgan fingerprint density at radius 3 is 2.81 bits per heavy atom. The van der Waals surface area contributed by atoms with Gasteiger partial charge in [0.25, 0.3) is 5.56 Å². The molecule has 0 radical (unpaired) electrons. The predicted molar refractivity (Wildman–Crippen MR) is 136 cm³/mol. The summed E-state index contributed by atoms with van der Waals surface area (Å²) < 4.78 is 8.88. The van der Waals surface area contributed by atoms with Crippen LogP contribution in [0.1, 0.15) is 37.8 Å². The van der Waals surface area contributed by atoms with Crippen LogP contribution < -0.4 is 21.9 Å². The summed E-state index contributed by atoms with van der Waals surface area (Å²) in [5.41, 5.74) is 5.73. The van der Waals surface area contributed by atoms with Crippen LogP contribution in [0.15, 0.2) is 28.0 Å². The molecule has 4 rings (SSSR count). The monoisotopic (exact) mass is 504 g/mol. The van der Waals surface area contributed by atoms with E-state index in [1.165, 1.54) is 18.5 Å². The second-order valence-corrected chi connectivity index (χ2v) is 8.65. The molecule has 1 aliphatic rings. The molecule has 1 saturated heterocycles. The van der Waals surface area contributed by atoms with Crippen molar-refractivity contribution in [1.82, 2.24) is 23.7 Å². The van der Waals surface area contributed by atoms with Crippen molar-refractivity contribution in [3.8, 4) is 17.9 Å². The van der Waals surface area contributed by atoms with Gasteiger partial charge in [0.15, 0.2) is 11.2 Å². The van der Waals surface area contributed by atoms with Gasteiger partial charge in [-0.2, -0.15) is 10.2 Å². The highest BCUT2D eigenvalue weighted by atomic mass is 16.5. The van der Waals surface area contributed by atoms with Gasteiger partial charge in [-0.1, -0.05) is 5.92 Å². The molecule has 192 valence electrons. The zero-order chi connectivity index (χ0) is 26.5. The van der Waals surface area contributed by atoms with E-state index in [1.807, 2.05) is 4.90 Å². The van der Waals surface area contributed by atoms with Gasteiger partial charge in [-0.05, 0) is 32.8 Å². The molecule has 3 aromatic rings. The number of hydrogen-bond donors (Lipinski definition) is 1. The normalized spacial score (nSPS) is 15.2. The molecule has 0 aliphatic carbocycles. The zero-order valence-electron chi connectivity index (χ0n) is 20.8. The van der Waals surface area contributed by atoms with E-state index < -0.39 is 23.8 Å². The van der Waals surface area contributed by atoms with Crippen molar-refractivity contribution in [2.24, 2.45) is 5.73 Å². The Morgan fingerprint density at radius 1 is 1.30 bits per heavy atom. The lowest BCUT2D eigenvalue weighted by Gasteiger charge is -2.31. The summed E-state index contributed by atoms with van der Waals surface area (Å²) in [6.07, 6.45) is 4.62. The molecule has 37 heavy (non-hydrogen) atoms. The summed E-state index contributed by atoms with van der Waals surface area (Å²) >= 11 is 0. The number of nitriles is 1. The van der Waals surface area contributed by atoms with Crippen LogP contribution in [0.4, 0.5) is 5.95 Å². The summed E-state index contributed by atoms with van der Waals surface area (Å²) in [6, 6.07) is 3.50. The van der Waals surface area contributed by atoms with Crippen molar-refractivity contribution in [3.05, 3.63) is 50.4 Å². The fourth-order valence-corrected chi connectivity index (χ4v) is 4.47. The van der Waals surface area contributed by atoms with Crippen molar-refractivity contribution < 1.29 is 9.53 Å². The summed E-state index contributed by atoms with van der Waals surface area (Å²) in [7, 11) is 0. The van der Waals surface area contributed by atoms with E-state index in [4.69, 9.17) is 10.5 Å². The van der Waals surface area contributed by atoms with E-state index in [0.717, 1.165) is 22.0 Å². The molecule has 12 nitrogen and oxygen atoms in total. The number of hydrogen-bond acceptors (Lipinski definition) is 9. The molecule has 4 heterocycles. The Kier molecular flexibility index (Phi) is 7.70. The minimum atomic E-state index is -0.744. The maximum absolute atomic E-state index is 13.8. The van der Waals surface area contributed by atoms with E-state index in [0.29, 0.717) is 24.6 Å². The highest BCUT2D eigenvalue weighted by Gasteiger charge is 2.27. The maximum atomic E-state index is 13.8. The minimum Gasteiger partial charge on any atom is -0.465 e. The van der Waals surface area contributed by atoms with Crippen LogP contribution in [0.5, 0.6) is 0 Å². The molecule has 3 aromatic heterocycles. The Balaban J connectivity index is 2.00. The molecule has 0 spiro atoms. The van der Waals surface area contributed by atoms with Crippen molar-refractivity contribution in [2.75, 3.05) is 24.6 Å². The molecule has 0 bridgehead atoms.